The van der Waals surface area contributed by atoms with E-state index in [1.165, 1.54) is 10.9 Å². The normalized spacial score (nSPS) is 11.3. The first-order valence-electron chi connectivity index (χ1n) is 5.66. The third-order valence-electron chi connectivity index (χ3n) is 2.23. The van der Waals surface area contributed by atoms with Crippen molar-refractivity contribution in [3.8, 4) is 0 Å². The monoisotopic (exact) mass is 253 g/mol. The number of nitrogens with zero attached hydrogens (tertiary/aromatic N) is 2. The summed E-state index contributed by atoms with van der Waals surface area (Å²) in [6.45, 7) is 3.72. The molecular weight excluding hydrogens is 234 g/mol. The van der Waals surface area contributed by atoms with E-state index in [0.29, 0.717) is 18.5 Å². The Balaban J connectivity index is 2.45. The van der Waals surface area contributed by atoms with Crippen LogP contribution in [0.2, 0.25) is 0 Å². The standard InChI is InChI=1S/C11H19N5O2/c1-11(2,13)4-3-10(18)15-8-5-14-16(6-8)7-9(12)17/h5-6H,3-4,7,13H2,1-2H3,(H2,12,17)(H,15,18). The van der Waals surface area contributed by atoms with Gasteiger partial charge in [0.1, 0.15) is 6.54 Å². The average molecular weight is 253 g/mol. The van der Waals surface area contributed by atoms with Gasteiger partial charge in [0.2, 0.25) is 11.8 Å². The van der Waals surface area contributed by atoms with Crippen molar-refractivity contribution < 1.29 is 9.59 Å². The minimum absolute atomic E-state index is 0.00823. The number of hydrogen-bond acceptors (Lipinski definition) is 4. The molecule has 1 heterocycles. The number of nitrogens with two attached hydrogens (primary N) is 2. The maximum absolute atomic E-state index is 11.6. The first kappa shape index (κ1) is 14.2. The molecule has 0 saturated carbocycles. The molecule has 0 fully saturated rings. The van der Waals surface area contributed by atoms with Crippen LogP contribution >= 0.6 is 0 Å². The summed E-state index contributed by atoms with van der Waals surface area (Å²) in [6.07, 6.45) is 3.95. The van der Waals surface area contributed by atoms with Gasteiger partial charge in [-0.2, -0.15) is 5.10 Å². The molecule has 0 atom stereocenters. The number of aromatic nitrogens is 2. The van der Waals surface area contributed by atoms with E-state index in [1.54, 1.807) is 6.20 Å². The molecule has 0 saturated heterocycles. The van der Waals surface area contributed by atoms with Crippen molar-refractivity contribution in [3.63, 3.8) is 0 Å². The SMILES string of the molecule is CC(C)(N)CCC(=O)Nc1cnn(CC(N)=O)c1. The lowest BCUT2D eigenvalue weighted by Crippen LogP contribution is -2.33. The van der Waals surface area contributed by atoms with E-state index < -0.39 is 5.91 Å². The molecule has 100 valence electrons. The third kappa shape index (κ3) is 5.44. The molecule has 0 aliphatic heterocycles. The third-order valence-corrected chi connectivity index (χ3v) is 2.23. The van der Waals surface area contributed by atoms with Crippen LogP contribution < -0.4 is 16.8 Å². The minimum atomic E-state index is -0.485. The second kappa shape index (κ2) is 5.63. The molecular formula is C11H19N5O2. The van der Waals surface area contributed by atoms with Gasteiger partial charge in [-0.25, -0.2) is 0 Å². The van der Waals surface area contributed by atoms with E-state index in [9.17, 15) is 9.59 Å². The van der Waals surface area contributed by atoms with Crippen LogP contribution in [0, 0.1) is 0 Å². The lowest BCUT2D eigenvalue weighted by Gasteiger charge is -2.17. The molecule has 1 rings (SSSR count). The lowest BCUT2D eigenvalue weighted by atomic mass is 10.00. The summed E-state index contributed by atoms with van der Waals surface area (Å²) in [6, 6.07) is 0. The summed E-state index contributed by atoms with van der Waals surface area (Å²) in [5, 5.41) is 6.57. The number of carbonyl (C=O) groups excluding carboxylic acids is 2. The van der Waals surface area contributed by atoms with Gasteiger partial charge in [0.25, 0.3) is 0 Å². The minimum Gasteiger partial charge on any atom is -0.368 e. The van der Waals surface area contributed by atoms with Crippen LogP contribution in [0.1, 0.15) is 26.7 Å². The predicted octanol–water partition coefficient (Wildman–Crippen LogP) is -0.176. The number of rotatable bonds is 6. The molecule has 18 heavy (non-hydrogen) atoms. The first-order chi connectivity index (χ1) is 8.26. The molecule has 0 aliphatic carbocycles. The molecule has 7 nitrogen and oxygen atoms in total. The fourth-order valence-electron chi connectivity index (χ4n) is 1.33. The van der Waals surface area contributed by atoms with Gasteiger partial charge in [0.15, 0.2) is 0 Å². The van der Waals surface area contributed by atoms with Crippen molar-refractivity contribution in [2.75, 3.05) is 5.32 Å². The number of carbonyl (C=O) groups is 2. The molecule has 5 N–H and O–H groups in total. The Labute approximate surface area is 106 Å². The van der Waals surface area contributed by atoms with Gasteiger partial charge in [-0.1, -0.05) is 0 Å². The van der Waals surface area contributed by atoms with E-state index in [1.807, 2.05) is 13.8 Å². The highest BCUT2D eigenvalue weighted by molar-refractivity contribution is 5.90. The fourth-order valence-corrected chi connectivity index (χ4v) is 1.33. The number of hydrogen-bond donors (Lipinski definition) is 3. The molecule has 2 amide bonds. The Hall–Kier alpha value is -1.89. The van der Waals surface area contributed by atoms with Crippen molar-refractivity contribution in [3.05, 3.63) is 12.4 Å². The second-order valence-electron chi connectivity index (χ2n) is 4.93. The highest BCUT2D eigenvalue weighted by Gasteiger charge is 2.13. The summed E-state index contributed by atoms with van der Waals surface area (Å²) in [5.74, 6) is -0.618. The van der Waals surface area contributed by atoms with Gasteiger partial charge in [-0.15, -0.1) is 0 Å². The molecule has 1 aromatic heterocycles. The average Bonchev–Trinajstić information content (AvgIpc) is 2.60. The highest BCUT2D eigenvalue weighted by atomic mass is 16.2. The molecule has 0 radical (unpaired) electrons. The number of amides is 2. The van der Waals surface area contributed by atoms with Crippen LogP contribution in [0.25, 0.3) is 0 Å². The largest absolute Gasteiger partial charge is 0.368 e. The zero-order valence-corrected chi connectivity index (χ0v) is 10.6. The zero-order valence-electron chi connectivity index (χ0n) is 10.6. The molecule has 1 aromatic rings. The Morgan fingerprint density at radius 3 is 2.72 bits per heavy atom. The Kier molecular flexibility index (Phi) is 4.43. The van der Waals surface area contributed by atoms with Gasteiger partial charge in [-0.05, 0) is 20.3 Å². The quantitative estimate of drug-likeness (QED) is 0.652. The van der Waals surface area contributed by atoms with Crippen LogP contribution in [0.5, 0.6) is 0 Å². The molecule has 0 spiro atoms. The fraction of sp³-hybridized carbons (Fsp3) is 0.545. The van der Waals surface area contributed by atoms with E-state index in [0.717, 1.165) is 0 Å². The van der Waals surface area contributed by atoms with Crippen molar-refractivity contribution in [1.29, 1.82) is 0 Å². The Morgan fingerprint density at radius 2 is 2.17 bits per heavy atom. The highest BCUT2D eigenvalue weighted by Crippen LogP contribution is 2.10. The first-order valence-corrected chi connectivity index (χ1v) is 5.66. The van der Waals surface area contributed by atoms with Gasteiger partial charge >= 0.3 is 0 Å². The summed E-state index contributed by atoms with van der Waals surface area (Å²) in [7, 11) is 0. The van der Waals surface area contributed by atoms with Gasteiger partial charge in [-0.3, -0.25) is 14.3 Å². The maximum atomic E-state index is 11.6. The van der Waals surface area contributed by atoms with E-state index in [4.69, 9.17) is 11.5 Å². The molecule has 7 heteroatoms. The Bertz CT molecular complexity index is 433. The number of primary amides is 1. The van der Waals surface area contributed by atoms with Gasteiger partial charge in [0, 0.05) is 18.2 Å². The van der Waals surface area contributed by atoms with E-state index in [2.05, 4.69) is 10.4 Å². The van der Waals surface area contributed by atoms with Crippen LogP contribution in [-0.2, 0) is 16.1 Å². The van der Waals surface area contributed by atoms with Crippen LogP contribution in [0.15, 0.2) is 12.4 Å². The van der Waals surface area contributed by atoms with Crippen LogP contribution in [0.4, 0.5) is 5.69 Å². The molecule has 0 aliphatic rings. The summed E-state index contributed by atoms with van der Waals surface area (Å²) in [5.41, 5.74) is 11.0. The van der Waals surface area contributed by atoms with Gasteiger partial charge in [0.05, 0.1) is 11.9 Å². The lowest BCUT2D eigenvalue weighted by molar-refractivity contribution is -0.118. The summed E-state index contributed by atoms with van der Waals surface area (Å²) < 4.78 is 1.37. The van der Waals surface area contributed by atoms with Crippen LogP contribution in [0.3, 0.4) is 0 Å². The van der Waals surface area contributed by atoms with E-state index in [-0.39, 0.29) is 18.0 Å². The summed E-state index contributed by atoms with van der Waals surface area (Å²) in [4.78, 5) is 22.3. The van der Waals surface area contributed by atoms with Crippen molar-refractivity contribution in [2.45, 2.75) is 38.8 Å². The predicted molar refractivity (Wildman–Crippen MR) is 67.6 cm³/mol. The second-order valence-corrected chi connectivity index (χ2v) is 4.93. The number of nitrogens with one attached hydrogen (secondary N) is 1. The van der Waals surface area contributed by atoms with Gasteiger partial charge < -0.3 is 16.8 Å². The number of anilines is 1. The topological polar surface area (TPSA) is 116 Å². The molecule has 0 aromatic carbocycles. The van der Waals surface area contributed by atoms with Crippen molar-refractivity contribution >= 4 is 17.5 Å². The Morgan fingerprint density at radius 1 is 1.50 bits per heavy atom. The van der Waals surface area contributed by atoms with Crippen molar-refractivity contribution in [1.82, 2.24) is 9.78 Å². The maximum Gasteiger partial charge on any atom is 0.239 e. The van der Waals surface area contributed by atoms with E-state index >= 15 is 0 Å². The zero-order chi connectivity index (χ0) is 13.8. The molecule has 0 unspecified atom stereocenters. The van der Waals surface area contributed by atoms with Crippen molar-refractivity contribution in [2.24, 2.45) is 11.5 Å². The van der Waals surface area contributed by atoms with Crippen LogP contribution in [-0.4, -0.2) is 27.1 Å². The molecule has 0 bridgehead atoms. The smallest absolute Gasteiger partial charge is 0.239 e. The summed E-state index contributed by atoms with van der Waals surface area (Å²) >= 11 is 0.